The van der Waals surface area contributed by atoms with Gasteiger partial charge in [0, 0.05) is 24.7 Å². The molecule has 1 unspecified atom stereocenters. The van der Waals surface area contributed by atoms with E-state index in [-0.39, 0.29) is 12.0 Å². The second-order valence-corrected chi connectivity index (χ2v) is 5.78. The van der Waals surface area contributed by atoms with Crippen LogP contribution in [0.4, 0.5) is 11.4 Å². The molecule has 2 fully saturated rings. The molecule has 2 saturated heterocycles. The molecule has 0 spiro atoms. The number of hydrogen-bond acceptors (Lipinski definition) is 3. The monoisotopic (exact) mass is 294 g/mol. The van der Waals surface area contributed by atoms with Gasteiger partial charge >= 0.3 is 0 Å². The first-order chi connectivity index (χ1) is 9.74. The molecule has 108 valence electrons. The normalized spacial score (nSPS) is 22.2. The Balaban J connectivity index is 1.79. The molecule has 2 heterocycles. The molecule has 0 aromatic heterocycles. The van der Waals surface area contributed by atoms with Gasteiger partial charge in [-0.3, -0.25) is 4.79 Å². The Hall–Kier alpha value is -1.26. The summed E-state index contributed by atoms with van der Waals surface area (Å²) in [5.41, 5.74) is 1.85. The molecule has 0 bridgehead atoms. The molecule has 1 N–H and O–H groups in total. The number of benzene rings is 1. The average molecular weight is 295 g/mol. The third kappa shape index (κ3) is 2.91. The summed E-state index contributed by atoms with van der Waals surface area (Å²) in [7, 11) is 0. The smallest absolute Gasteiger partial charge is 0.253 e. The van der Waals surface area contributed by atoms with Crippen LogP contribution in [0.3, 0.4) is 0 Å². The van der Waals surface area contributed by atoms with E-state index in [1.165, 1.54) is 12.8 Å². The van der Waals surface area contributed by atoms with Crippen molar-refractivity contribution in [3.8, 4) is 0 Å². The van der Waals surface area contributed by atoms with Gasteiger partial charge in [-0.1, -0.05) is 11.6 Å². The topological polar surface area (TPSA) is 41.6 Å². The molecule has 0 radical (unpaired) electrons. The number of halogens is 1. The van der Waals surface area contributed by atoms with Gasteiger partial charge in [-0.2, -0.15) is 0 Å². The maximum atomic E-state index is 12.2. The van der Waals surface area contributed by atoms with Crippen molar-refractivity contribution in [3.05, 3.63) is 23.2 Å². The predicted octanol–water partition coefficient (Wildman–Crippen LogP) is 3.06. The lowest BCUT2D eigenvalue weighted by Crippen LogP contribution is -2.28. The molecule has 1 aromatic carbocycles. The summed E-state index contributed by atoms with van der Waals surface area (Å²) in [6, 6.07) is 5.68. The van der Waals surface area contributed by atoms with Crippen LogP contribution in [0.25, 0.3) is 0 Å². The van der Waals surface area contributed by atoms with Crippen molar-refractivity contribution in [2.75, 3.05) is 29.9 Å². The summed E-state index contributed by atoms with van der Waals surface area (Å²) in [5, 5.41) is 3.61. The fraction of sp³-hybridized carbons (Fsp3) is 0.533. The molecule has 2 aliphatic rings. The largest absolute Gasteiger partial charge is 0.370 e. The SMILES string of the molecule is O=C(Nc1cc(Cl)ccc1N1CCCC1)C1CCCO1. The minimum atomic E-state index is -0.319. The van der Waals surface area contributed by atoms with Crippen LogP contribution in [-0.4, -0.2) is 31.7 Å². The maximum Gasteiger partial charge on any atom is 0.253 e. The summed E-state index contributed by atoms with van der Waals surface area (Å²) in [6.45, 7) is 2.74. The van der Waals surface area contributed by atoms with Crippen molar-refractivity contribution in [1.82, 2.24) is 0 Å². The first-order valence-electron chi connectivity index (χ1n) is 7.21. The van der Waals surface area contributed by atoms with Crippen molar-refractivity contribution >= 4 is 28.9 Å². The highest BCUT2D eigenvalue weighted by atomic mass is 35.5. The molecular formula is C15H19ClN2O2. The average Bonchev–Trinajstić information content (AvgIpc) is 3.12. The number of ether oxygens (including phenoxy) is 1. The van der Waals surface area contributed by atoms with Crippen LogP contribution >= 0.6 is 11.6 Å². The minimum Gasteiger partial charge on any atom is -0.370 e. The number of nitrogens with zero attached hydrogens (tertiary/aromatic N) is 1. The third-order valence-electron chi connectivity index (χ3n) is 3.89. The van der Waals surface area contributed by atoms with Crippen molar-refractivity contribution in [2.24, 2.45) is 0 Å². The number of amides is 1. The Morgan fingerprint density at radius 3 is 2.80 bits per heavy atom. The van der Waals surface area contributed by atoms with Gasteiger partial charge in [0.1, 0.15) is 6.10 Å². The van der Waals surface area contributed by atoms with Crippen LogP contribution < -0.4 is 10.2 Å². The van der Waals surface area contributed by atoms with Gasteiger partial charge in [0.05, 0.1) is 11.4 Å². The fourth-order valence-electron chi connectivity index (χ4n) is 2.84. The van der Waals surface area contributed by atoms with Gasteiger partial charge in [0.15, 0.2) is 0 Å². The molecule has 20 heavy (non-hydrogen) atoms. The van der Waals surface area contributed by atoms with Crippen molar-refractivity contribution < 1.29 is 9.53 Å². The van der Waals surface area contributed by atoms with Crippen molar-refractivity contribution in [2.45, 2.75) is 31.8 Å². The summed E-state index contributed by atoms with van der Waals surface area (Å²) in [5.74, 6) is -0.0646. The number of rotatable bonds is 3. The van der Waals surface area contributed by atoms with E-state index in [1.54, 1.807) is 0 Å². The standard InChI is InChI=1S/C15H19ClN2O2/c16-11-5-6-13(18-7-1-2-8-18)12(10-11)17-15(19)14-4-3-9-20-14/h5-6,10,14H,1-4,7-9H2,(H,17,19). The summed E-state index contributed by atoms with van der Waals surface area (Å²) < 4.78 is 5.42. The van der Waals surface area contributed by atoms with E-state index in [4.69, 9.17) is 16.3 Å². The van der Waals surface area contributed by atoms with Gasteiger partial charge in [-0.05, 0) is 43.9 Å². The van der Waals surface area contributed by atoms with E-state index in [0.717, 1.165) is 37.3 Å². The molecule has 1 aromatic rings. The zero-order chi connectivity index (χ0) is 13.9. The van der Waals surface area contributed by atoms with Gasteiger partial charge in [0.25, 0.3) is 5.91 Å². The summed E-state index contributed by atoms with van der Waals surface area (Å²) >= 11 is 6.07. The molecule has 1 amide bonds. The summed E-state index contributed by atoms with van der Waals surface area (Å²) in [4.78, 5) is 14.5. The number of hydrogen-bond donors (Lipinski definition) is 1. The lowest BCUT2D eigenvalue weighted by atomic mass is 10.2. The van der Waals surface area contributed by atoms with Crippen LogP contribution in [0.1, 0.15) is 25.7 Å². The van der Waals surface area contributed by atoms with E-state index in [1.807, 2.05) is 18.2 Å². The van der Waals surface area contributed by atoms with Gasteiger partial charge in [0.2, 0.25) is 0 Å². The highest BCUT2D eigenvalue weighted by Crippen LogP contribution is 2.32. The fourth-order valence-corrected chi connectivity index (χ4v) is 3.01. The van der Waals surface area contributed by atoms with Crippen LogP contribution in [0, 0.1) is 0 Å². The van der Waals surface area contributed by atoms with E-state index in [0.29, 0.717) is 11.6 Å². The van der Waals surface area contributed by atoms with E-state index in [9.17, 15) is 4.79 Å². The molecule has 0 aliphatic carbocycles. The number of carbonyl (C=O) groups excluding carboxylic acids is 1. The van der Waals surface area contributed by atoms with Crippen LogP contribution in [0.15, 0.2) is 18.2 Å². The Morgan fingerprint density at radius 1 is 1.30 bits per heavy atom. The molecule has 2 aliphatic heterocycles. The molecule has 4 nitrogen and oxygen atoms in total. The molecule has 5 heteroatoms. The second-order valence-electron chi connectivity index (χ2n) is 5.35. The molecular weight excluding hydrogens is 276 g/mol. The highest BCUT2D eigenvalue weighted by molar-refractivity contribution is 6.31. The zero-order valence-electron chi connectivity index (χ0n) is 11.4. The lowest BCUT2D eigenvalue weighted by molar-refractivity contribution is -0.124. The summed E-state index contributed by atoms with van der Waals surface area (Å²) in [6.07, 6.45) is 3.82. The van der Waals surface area contributed by atoms with E-state index in [2.05, 4.69) is 10.2 Å². The molecule has 3 rings (SSSR count). The van der Waals surface area contributed by atoms with Crippen LogP contribution in [-0.2, 0) is 9.53 Å². The Kier molecular flexibility index (Phi) is 4.13. The third-order valence-corrected chi connectivity index (χ3v) is 4.12. The number of carbonyl (C=O) groups is 1. The second kappa shape index (κ2) is 6.02. The van der Waals surface area contributed by atoms with E-state index < -0.39 is 0 Å². The number of nitrogens with one attached hydrogen (secondary N) is 1. The minimum absolute atomic E-state index is 0.0646. The Morgan fingerprint density at radius 2 is 2.10 bits per heavy atom. The van der Waals surface area contributed by atoms with Gasteiger partial charge < -0.3 is 15.0 Å². The predicted molar refractivity (Wildman–Crippen MR) is 80.5 cm³/mol. The van der Waals surface area contributed by atoms with E-state index >= 15 is 0 Å². The maximum absolute atomic E-state index is 12.2. The van der Waals surface area contributed by atoms with Crippen molar-refractivity contribution in [3.63, 3.8) is 0 Å². The van der Waals surface area contributed by atoms with Crippen LogP contribution in [0.2, 0.25) is 5.02 Å². The Labute approximate surface area is 124 Å². The van der Waals surface area contributed by atoms with Crippen molar-refractivity contribution in [1.29, 1.82) is 0 Å². The Bertz CT molecular complexity index is 495. The lowest BCUT2D eigenvalue weighted by Gasteiger charge is -2.22. The molecule has 0 saturated carbocycles. The van der Waals surface area contributed by atoms with Crippen LogP contribution in [0.5, 0.6) is 0 Å². The highest BCUT2D eigenvalue weighted by Gasteiger charge is 2.25. The number of anilines is 2. The van der Waals surface area contributed by atoms with Gasteiger partial charge in [-0.15, -0.1) is 0 Å². The van der Waals surface area contributed by atoms with Gasteiger partial charge in [-0.25, -0.2) is 0 Å². The molecule has 1 atom stereocenters. The first-order valence-corrected chi connectivity index (χ1v) is 7.59. The quantitative estimate of drug-likeness (QED) is 0.931. The zero-order valence-corrected chi connectivity index (χ0v) is 12.2. The first kappa shape index (κ1) is 13.7.